The largest absolute Gasteiger partial charge is 0.489 e. The van der Waals surface area contributed by atoms with E-state index in [1.807, 2.05) is 36.6 Å². The number of aromatic nitrogens is 2. The first-order chi connectivity index (χ1) is 13.5. The summed E-state index contributed by atoms with van der Waals surface area (Å²) >= 11 is 0. The molecule has 0 spiro atoms. The second-order valence-corrected chi connectivity index (χ2v) is 7.70. The van der Waals surface area contributed by atoms with Crippen LogP contribution in [0.3, 0.4) is 0 Å². The summed E-state index contributed by atoms with van der Waals surface area (Å²) in [5, 5.41) is 5.90. The van der Waals surface area contributed by atoms with Crippen LogP contribution in [0.15, 0.2) is 24.3 Å². The molecule has 4 rings (SSSR count). The first-order valence-corrected chi connectivity index (χ1v) is 10.00. The van der Waals surface area contributed by atoms with E-state index in [0.29, 0.717) is 23.0 Å². The van der Waals surface area contributed by atoms with E-state index in [1.54, 1.807) is 6.07 Å². The highest BCUT2D eigenvalue weighted by Gasteiger charge is 2.31. The number of carbonyl (C=O) groups is 2. The van der Waals surface area contributed by atoms with Gasteiger partial charge in [0.05, 0.1) is 17.5 Å². The molecule has 0 bridgehead atoms. The molecule has 0 radical (unpaired) electrons. The zero-order valence-corrected chi connectivity index (χ0v) is 16.3. The molecule has 2 amide bonds. The summed E-state index contributed by atoms with van der Waals surface area (Å²) in [5.74, 6) is 0.466. The van der Waals surface area contributed by atoms with Gasteiger partial charge in [0, 0.05) is 12.6 Å². The third kappa shape index (κ3) is 3.88. The van der Waals surface area contributed by atoms with E-state index in [0.717, 1.165) is 44.3 Å². The van der Waals surface area contributed by atoms with Gasteiger partial charge in [-0.1, -0.05) is 12.1 Å². The summed E-state index contributed by atoms with van der Waals surface area (Å²) in [6.45, 7) is 4.60. The molecule has 0 atom stereocenters. The number of amides is 2. The molecule has 1 aromatic carbocycles. The zero-order valence-electron chi connectivity index (χ0n) is 16.3. The van der Waals surface area contributed by atoms with Crippen LogP contribution in [0, 0.1) is 0 Å². The van der Waals surface area contributed by atoms with E-state index in [9.17, 15) is 9.59 Å². The molecular weight excluding hydrogens is 356 g/mol. The Bertz CT molecular complexity index is 899. The number of ether oxygens (including phenoxy) is 1. The van der Waals surface area contributed by atoms with Crippen molar-refractivity contribution in [3.8, 4) is 5.75 Å². The number of fused-ring (bicyclic) bond motifs is 1. The smallest absolute Gasteiger partial charge is 0.287 e. The number of rotatable bonds is 6. The van der Waals surface area contributed by atoms with Crippen LogP contribution in [0.4, 0.5) is 5.69 Å². The first-order valence-electron chi connectivity index (χ1n) is 10.00. The van der Waals surface area contributed by atoms with Crippen molar-refractivity contribution >= 4 is 17.5 Å². The molecule has 2 aliphatic rings. The van der Waals surface area contributed by atoms with Crippen molar-refractivity contribution in [1.29, 1.82) is 0 Å². The topological polar surface area (TPSA) is 85.2 Å². The molecule has 1 saturated carbocycles. The lowest BCUT2D eigenvalue weighted by molar-refractivity contribution is 0.0935. The van der Waals surface area contributed by atoms with Crippen LogP contribution in [0.2, 0.25) is 0 Å². The second-order valence-electron chi connectivity index (χ2n) is 7.70. The quantitative estimate of drug-likeness (QED) is 0.804. The number of imidazole rings is 1. The van der Waals surface area contributed by atoms with Crippen LogP contribution in [0.5, 0.6) is 5.75 Å². The second kappa shape index (κ2) is 7.66. The Morgan fingerprint density at radius 2 is 1.96 bits per heavy atom. The van der Waals surface area contributed by atoms with E-state index in [1.165, 1.54) is 0 Å². The van der Waals surface area contributed by atoms with Gasteiger partial charge in [-0.2, -0.15) is 0 Å². The van der Waals surface area contributed by atoms with Crippen LogP contribution in [-0.4, -0.2) is 33.5 Å². The molecule has 7 nitrogen and oxygen atoms in total. The van der Waals surface area contributed by atoms with Gasteiger partial charge in [0.15, 0.2) is 11.5 Å². The van der Waals surface area contributed by atoms with Gasteiger partial charge in [-0.3, -0.25) is 9.59 Å². The van der Waals surface area contributed by atoms with E-state index in [4.69, 9.17) is 4.74 Å². The molecule has 2 heterocycles. The minimum atomic E-state index is -0.309. The van der Waals surface area contributed by atoms with Crippen molar-refractivity contribution in [3.63, 3.8) is 0 Å². The monoisotopic (exact) mass is 382 g/mol. The van der Waals surface area contributed by atoms with Crippen molar-refractivity contribution in [2.75, 3.05) is 5.32 Å². The van der Waals surface area contributed by atoms with E-state index < -0.39 is 0 Å². The van der Waals surface area contributed by atoms with Crippen LogP contribution < -0.4 is 15.4 Å². The Morgan fingerprint density at radius 3 is 2.71 bits per heavy atom. The molecule has 148 valence electrons. The number of anilines is 1. The fraction of sp³-hybridized carbons (Fsp3) is 0.476. The Balaban J connectivity index is 1.61. The molecular formula is C21H26N4O3. The number of benzene rings is 1. The Hall–Kier alpha value is -2.83. The molecule has 28 heavy (non-hydrogen) atoms. The van der Waals surface area contributed by atoms with E-state index in [2.05, 4.69) is 15.6 Å². The SMILES string of the molecule is CC(C)Oc1ccccc1NC(=O)c1nc(C(=O)NC2CC2)n2c1CCCC2. The summed E-state index contributed by atoms with van der Waals surface area (Å²) in [7, 11) is 0. The maximum atomic E-state index is 13.0. The van der Waals surface area contributed by atoms with Gasteiger partial charge in [0.1, 0.15) is 5.75 Å². The maximum Gasteiger partial charge on any atom is 0.287 e. The van der Waals surface area contributed by atoms with Crippen molar-refractivity contribution in [2.45, 2.75) is 64.6 Å². The van der Waals surface area contributed by atoms with Crippen LogP contribution in [-0.2, 0) is 13.0 Å². The normalized spacial score (nSPS) is 15.8. The van der Waals surface area contributed by atoms with Crippen molar-refractivity contribution < 1.29 is 14.3 Å². The Kier molecular flexibility index (Phi) is 5.07. The Labute approximate surface area is 164 Å². The van der Waals surface area contributed by atoms with Crippen LogP contribution in [0.1, 0.15) is 66.3 Å². The highest BCUT2D eigenvalue weighted by Crippen LogP contribution is 2.27. The summed E-state index contributed by atoms with van der Waals surface area (Å²) in [5.41, 5.74) is 1.77. The molecule has 1 aromatic heterocycles. The summed E-state index contributed by atoms with van der Waals surface area (Å²) in [6, 6.07) is 7.60. The fourth-order valence-electron chi connectivity index (χ4n) is 3.48. The number of nitrogens with zero attached hydrogens (tertiary/aromatic N) is 2. The highest BCUT2D eigenvalue weighted by molar-refractivity contribution is 6.05. The minimum absolute atomic E-state index is 0.00357. The lowest BCUT2D eigenvalue weighted by Gasteiger charge is -2.17. The van der Waals surface area contributed by atoms with Gasteiger partial charge >= 0.3 is 0 Å². The molecule has 2 N–H and O–H groups in total. The Morgan fingerprint density at radius 1 is 1.18 bits per heavy atom. The van der Waals surface area contributed by atoms with Crippen molar-refractivity contribution in [3.05, 3.63) is 41.5 Å². The molecule has 7 heteroatoms. The number of carbonyl (C=O) groups excluding carboxylic acids is 2. The molecule has 1 aliphatic heterocycles. The van der Waals surface area contributed by atoms with Gasteiger partial charge in [0.25, 0.3) is 11.8 Å². The zero-order chi connectivity index (χ0) is 19.7. The van der Waals surface area contributed by atoms with Gasteiger partial charge in [0.2, 0.25) is 0 Å². The molecule has 2 aromatic rings. The molecule has 0 unspecified atom stereocenters. The summed E-state index contributed by atoms with van der Waals surface area (Å²) < 4.78 is 7.69. The highest BCUT2D eigenvalue weighted by atomic mass is 16.5. The van der Waals surface area contributed by atoms with Gasteiger partial charge < -0.3 is 19.9 Å². The summed E-state index contributed by atoms with van der Waals surface area (Å²) in [6.07, 6.45) is 4.74. The van der Waals surface area contributed by atoms with Crippen LogP contribution in [0.25, 0.3) is 0 Å². The predicted molar refractivity (Wildman–Crippen MR) is 106 cm³/mol. The third-order valence-electron chi connectivity index (χ3n) is 4.95. The maximum absolute atomic E-state index is 13.0. The predicted octanol–water partition coefficient (Wildman–Crippen LogP) is 3.15. The average Bonchev–Trinajstić information content (AvgIpc) is 3.39. The van der Waals surface area contributed by atoms with Gasteiger partial charge in [-0.05, 0) is 58.1 Å². The van der Waals surface area contributed by atoms with E-state index in [-0.39, 0.29) is 24.0 Å². The number of hydrogen-bond donors (Lipinski definition) is 2. The first kappa shape index (κ1) is 18.5. The van der Waals surface area contributed by atoms with Gasteiger partial charge in [-0.25, -0.2) is 4.98 Å². The van der Waals surface area contributed by atoms with Crippen molar-refractivity contribution in [1.82, 2.24) is 14.9 Å². The standard InChI is InChI=1S/C21H26N4O3/c1-13(2)28-17-9-4-3-7-15(17)23-20(26)18-16-8-5-6-12-25(16)19(24-18)21(27)22-14-10-11-14/h3-4,7,9,13-14H,5-6,8,10-12H2,1-2H3,(H,22,27)(H,23,26). The van der Waals surface area contributed by atoms with Crippen LogP contribution >= 0.6 is 0 Å². The average molecular weight is 382 g/mol. The van der Waals surface area contributed by atoms with E-state index >= 15 is 0 Å². The lowest BCUT2D eigenvalue weighted by atomic mass is 10.1. The minimum Gasteiger partial charge on any atom is -0.489 e. The fourth-order valence-corrected chi connectivity index (χ4v) is 3.48. The number of nitrogens with one attached hydrogen (secondary N) is 2. The molecule has 1 fully saturated rings. The third-order valence-corrected chi connectivity index (χ3v) is 4.95. The number of para-hydroxylation sites is 2. The van der Waals surface area contributed by atoms with Gasteiger partial charge in [-0.15, -0.1) is 0 Å². The number of hydrogen-bond acceptors (Lipinski definition) is 4. The lowest BCUT2D eigenvalue weighted by Crippen LogP contribution is -2.29. The molecule has 1 aliphatic carbocycles. The molecule has 0 saturated heterocycles. The van der Waals surface area contributed by atoms with Crippen molar-refractivity contribution in [2.24, 2.45) is 0 Å². The summed E-state index contributed by atoms with van der Waals surface area (Å²) in [4.78, 5) is 30.1.